The number of amides is 1. The molecule has 1 fully saturated rings. The van der Waals surface area contributed by atoms with Crippen LogP contribution in [0.1, 0.15) is 22.3 Å². The van der Waals surface area contributed by atoms with Crippen molar-refractivity contribution in [1.29, 1.82) is 0 Å². The molecule has 1 saturated heterocycles. The molecule has 0 unspecified atom stereocenters. The maximum Gasteiger partial charge on any atom is 0.238 e. The third-order valence-corrected chi connectivity index (χ3v) is 6.52. The molecule has 0 bridgehead atoms. The smallest absolute Gasteiger partial charge is 0.238 e. The highest BCUT2D eigenvalue weighted by Gasteiger charge is 2.20. The standard InChI is InChI=1S/C28H31N3O2/c32-28(29-26-9-5-4-8-24(26)18-22-6-2-1-3-7-22)21-31-15-13-30(14-16-31)20-23-10-11-27-25(19-23)12-17-33-27/h1-11,19H,12-18,20-21H2,(H,29,32). The van der Waals surface area contributed by atoms with Gasteiger partial charge in [-0.1, -0.05) is 60.7 Å². The number of piperazine rings is 1. The highest BCUT2D eigenvalue weighted by atomic mass is 16.5. The summed E-state index contributed by atoms with van der Waals surface area (Å²) in [5.74, 6) is 1.10. The lowest BCUT2D eigenvalue weighted by atomic mass is 10.0. The molecular formula is C28H31N3O2. The fraction of sp³-hybridized carbons (Fsp3) is 0.321. The van der Waals surface area contributed by atoms with E-state index in [4.69, 9.17) is 4.74 Å². The topological polar surface area (TPSA) is 44.8 Å². The van der Waals surface area contributed by atoms with E-state index in [9.17, 15) is 4.79 Å². The number of ether oxygens (including phenoxy) is 1. The van der Waals surface area contributed by atoms with Crippen LogP contribution >= 0.6 is 0 Å². The number of rotatable bonds is 7. The van der Waals surface area contributed by atoms with Crippen LogP contribution in [0.25, 0.3) is 0 Å². The summed E-state index contributed by atoms with van der Waals surface area (Å²) >= 11 is 0. The van der Waals surface area contributed by atoms with E-state index in [0.717, 1.165) is 69.2 Å². The van der Waals surface area contributed by atoms with Crippen LogP contribution in [0.4, 0.5) is 5.69 Å². The zero-order valence-corrected chi connectivity index (χ0v) is 19.0. The quantitative estimate of drug-likeness (QED) is 0.603. The number of para-hydroxylation sites is 1. The van der Waals surface area contributed by atoms with Crippen LogP contribution in [-0.2, 0) is 24.2 Å². The van der Waals surface area contributed by atoms with Crippen molar-refractivity contribution < 1.29 is 9.53 Å². The summed E-state index contributed by atoms with van der Waals surface area (Å²) in [6.07, 6.45) is 1.82. The van der Waals surface area contributed by atoms with Gasteiger partial charge in [0.15, 0.2) is 0 Å². The zero-order valence-electron chi connectivity index (χ0n) is 19.0. The van der Waals surface area contributed by atoms with Crippen LogP contribution in [0.5, 0.6) is 5.75 Å². The number of carbonyl (C=O) groups is 1. The average molecular weight is 442 g/mol. The average Bonchev–Trinajstić information content (AvgIpc) is 3.30. The molecule has 0 atom stereocenters. The molecule has 0 aromatic heterocycles. The molecule has 1 N–H and O–H groups in total. The third kappa shape index (κ3) is 5.62. The van der Waals surface area contributed by atoms with Crippen LogP contribution < -0.4 is 10.1 Å². The zero-order chi connectivity index (χ0) is 22.5. The summed E-state index contributed by atoms with van der Waals surface area (Å²) < 4.78 is 5.62. The Kier molecular flexibility index (Phi) is 6.70. The molecule has 5 rings (SSSR count). The van der Waals surface area contributed by atoms with E-state index in [1.807, 2.05) is 24.3 Å². The Morgan fingerprint density at radius 3 is 2.45 bits per heavy atom. The summed E-state index contributed by atoms with van der Waals surface area (Å²) in [7, 11) is 0. The second kappa shape index (κ2) is 10.2. The number of nitrogens with zero attached hydrogens (tertiary/aromatic N) is 2. The van der Waals surface area contributed by atoms with E-state index in [-0.39, 0.29) is 5.91 Å². The van der Waals surface area contributed by atoms with Gasteiger partial charge in [-0.25, -0.2) is 0 Å². The van der Waals surface area contributed by atoms with Crippen LogP contribution in [0, 0.1) is 0 Å². The van der Waals surface area contributed by atoms with Crippen LogP contribution in [0.15, 0.2) is 72.8 Å². The number of carbonyl (C=O) groups excluding carboxylic acids is 1. The lowest BCUT2D eigenvalue weighted by Gasteiger charge is -2.34. The van der Waals surface area contributed by atoms with Crippen molar-refractivity contribution in [2.75, 3.05) is 44.6 Å². The summed E-state index contributed by atoms with van der Waals surface area (Å²) in [4.78, 5) is 17.5. The number of nitrogens with one attached hydrogen (secondary N) is 1. The van der Waals surface area contributed by atoms with Crippen molar-refractivity contribution >= 4 is 11.6 Å². The minimum absolute atomic E-state index is 0.0579. The van der Waals surface area contributed by atoms with Crippen molar-refractivity contribution in [3.8, 4) is 5.75 Å². The van der Waals surface area contributed by atoms with Crippen molar-refractivity contribution in [3.63, 3.8) is 0 Å². The molecule has 170 valence electrons. The summed E-state index contributed by atoms with van der Waals surface area (Å²) in [5.41, 5.74) is 5.97. The monoisotopic (exact) mass is 441 g/mol. The van der Waals surface area contributed by atoms with E-state index >= 15 is 0 Å². The van der Waals surface area contributed by atoms with Gasteiger partial charge in [-0.3, -0.25) is 14.6 Å². The van der Waals surface area contributed by atoms with Gasteiger partial charge in [-0.05, 0) is 40.8 Å². The minimum atomic E-state index is 0.0579. The highest BCUT2D eigenvalue weighted by Crippen LogP contribution is 2.26. The summed E-state index contributed by atoms with van der Waals surface area (Å²) in [6, 6.07) is 25.0. The van der Waals surface area contributed by atoms with Crippen molar-refractivity contribution in [1.82, 2.24) is 9.80 Å². The number of anilines is 1. The molecule has 33 heavy (non-hydrogen) atoms. The van der Waals surface area contributed by atoms with E-state index < -0.39 is 0 Å². The van der Waals surface area contributed by atoms with Gasteiger partial charge in [-0.2, -0.15) is 0 Å². The molecule has 0 saturated carbocycles. The molecule has 0 aliphatic carbocycles. The third-order valence-electron chi connectivity index (χ3n) is 6.52. The van der Waals surface area contributed by atoms with Gasteiger partial charge in [0, 0.05) is 44.8 Å². The van der Waals surface area contributed by atoms with Crippen molar-refractivity contribution in [2.24, 2.45) is 0 Å². The lowest BCUT2D eigenvalue weighted by Crippen LogP contribution is -2.48. The van der Waals surface area contributed by atoms with Crippen LogP contribution in [-0.4, -0.2) is 55.0 Å². The van der Waals surface area contributed by atoms with Gasteiger partial charge in [0.05, 0.1) is 13.2 Å². The molecular weight excluding hydrogens is 410 g/mol. The van der Waals surface area contributed by atoms with Crippen LogP contribution in [0.2, 0.25) is 0 Å². The van der Waals surface area contributed by atoms with E-state index in [0.29, 0.717) is 6.54 Å². The van der Waals surface area contributed by atoms with Gasteiger partial charge in [0.25, 0.3) is 0 Å². The maximum atomic E-state index is 12.8. The molecule has 5 nitrogen and oxygen atoms in total. The van der Waals surface area contributed by atoms with Gasteiger partial charge in [0.2, 0.25) is 5.91 Å². The Balaban J connectivity index is 1.11. The molecule has 2 heterocycles. The first-order valence-electron chi connectivity index (χ1n) is 11.8. The minimum Gasteiger partial charge on any atom is -0.493 e. The largest absolute Gasteiger partial charge is 0.493 e. The Morgan fingerprint density at radius 2 is 1.61 bits per heavy atom. The highest BCUT2D eigenvalue weighted by molar-refractivity contribution is 5.93. The number of benzene rings is 3. The second-order valence-electron chi connectivity index (χ2n) is 8.96. The van der Waals surface area contributed by atoms with Gasteiger partial charge >= 0.3 is 0 Å². The normalized spacial score (nSPS) is 16.2. The van der Waals surface area contributed by atoms with E-state index in [2.05, 4.69) is 63.6 Å². The Hall–Kier alpha value is -3.15. The van der Waals surface area contributed by atoms with Gasteiger partial charge < -0.3 is 10.1 Å². The molecule has 1 amide bonds. The van der Waals surface area contributed by atoms with E-state index in [1.165, 1.54) is 16.7 Å². The molecule has 3 aromatic rings. The molecule has 0 spiro atoms. The predicted molar refractivity (Wildman–Crippen MR) is 132 cm³/mol. The number of fused-ring (bicyclic) bond motifs is 1. The first kappa shape index (κ1) is 21.7. The summed E-state index contributed by atoms with van der Waals surface area (Å²) in [6.45, 7) is 5.97. The number of hydrogen-bond donors (Lipinski definition) is 1. The van der Waals surface area contributed by atoms with Crippen molar-refractivity contribution in [2.45, 2.75) is 19.4 Å². The Bertz CT molecular complexity index is 1090. The van der Waals surface area contributed by atoms with Gasteiger partial charge in [0.1, 0.15) is 5.75 Å². The summed E-state index contributed by atoms with van der Waals surface area (Å²) in [5, 5.41) is 3.15. The Morgan fingerprint density at radius 1 is 0.848 bits per heavy atom. The molecule has 2 aliphatic rings. The second-order valence-corrected chi connectivity index (χ2v) is 8.96. The van der Waals surface area contributed by atoms with Crippen LogP contribution in [0.3, 0.4) is 0 Å². The first-order valence-corrected chi connectivity index (χ1v) is 11.8. The molecule has 2 aliphatic heterocycles. The number of hydrogen-bond acceptors (Lipinski definition) is 4. The Labute approximate surface area is 196 Å². The van der Waals surface area contributed by atoms with E-state index in [1.54, 1.807) is 0 Å². The fourth-order valence-corrected chi connectivity index (χ4v) is 4.71. The van der Waals surface area contributed by atoms with Gasteiger partial charge in [-0.15, -0.1) is 0 Å². The SMILES string of the molecule is O=C(CN1CCN(Cc2ccc3c(c2)CCO3)CC1)Nc1ccccc1Cc1ccccc1. The molecule has 3 aromatic carbocycles. The molecule has 5 heteroatoms. The maximum absolute atomic E-state index is 12.8. The predicted octanol–water partition coefficient (Wildman–Crippen LogP) is 3.97. The molecule has 0 radical (unpaired) electrons. The lowest BCUT2D eigenvalue weighted by molar-refractivity contribution is -0.117. The fourth-order valence-electron chi connectivity index (χ4n) is 4.71. The first-order chi connectivity index (χ1) is 16.2. The van der Waals surface area contributed by atoms with Crippen molar-refractivity contribution in [3.05, 3.63) is 95.1 Å².